The molecule has 3 unspecified atom stereocenters. The fourth-order valence-corrected chi connectivity index (χ4v) is 2.12. The van der Waals surface area contributed by atoms with Crippen LogP contribution in [0.4, 0.5) is 0 Å². The van der Waals surface area contributed by atoms with Gasteiger partial charge >= 0.3 is 0 Å². The van der Waals surface area contributed by atoms with Crippen LogP contribution in [-0.4, -0.2) is 35.6 Å². The number of aliphatic hydroxyl groups is 2. The predicted molar refractivity (Wildman–Crippen MR) is 55.0 cm³/mol. The van der Waals surface area contributed by atoms with Gasteiger partial charge in [-0.2, -0.15) is 0 Å². The Morgan fingerprint density at radius 1 is 1.21 bits per heavy atom. The van der Waals surface area contributed by atoms with Crippen molar-refractivity contribution in [1.29, 1.82) is 0 Å². The van der Waals surface area contributed by atoms with Crippen molar-refractivity contribution in [3.05, 3.63) is 0 Å². The zero-order valence-electron chi connectivity index (χ0n) is 9.15. The highest BCUT2D eigenvalue weighted by Crippen LogP contribution is 2.31. The van der Waals surface area contributed by atoms with Crippen molar-refractivity contribution in [1.82, 2.24) is 0 Å². The summed E-state index contributed by atoms with van der Waals surface area (Å²) < 4.78 is 5.67. The third-order valence-electron chi connectivity index (χ3n) is 3.41. The average Bonchev–Trinajstić information content (AvgIpc) is 2.20. The fourth-order valence-electron chi connectivity index (χ4n) is 2.12. The molecule has 0 aliphatic heterocycles. The topological polar surface area (TPSA) is 49.7 Å². The number of rotatable bonds is 4. The molecule has 3 atom stereocenters. The highest BCUT2D eigenvalue weighted by Gasteiger charge is 2.29. The highest BCUT2D eigenvalue weighted by atomic mass is 16.5. The molecule has 0 aromatic carbocycles. The second kappa shape index (κ2) is 5.69. The molecule has 1 rings (SSSR count). The van der Waals surface area contributed by atoms with Gasteiger partial charge in [0.25, 0.3) is 0 Å². The van der Waals surface area contributed by atoms with Crippen LogP contribution in [0.2, 0.25) is 0 Å². The maximum Gasteiger partial charge on any atom is 0.104 e. The molecule has 1 fully saturated rings. The van der Waals surface area contributed by atoms with Gasteiger partial charge in [0.15, 0.2) is 0 Å². The van der Waals surface area contributed by atoms with Crippen molar-refractivity contribution in [2.75, 3.05) is 13.2 Å². The third kappa shape index (κ3) is 2.94. The third-order valence-corrected chi connectivity index (χ3v) is 3.41. The summed E-state index contributed by atoms with van der Waals surface area (Å²) >= 11 is 0. The Balaban J connectivity index is 2.41. The van der Waals surface area contributed by atoms with E-state index in [0.29, 0.717) is 11.8 Å². The second-order valence-electron chi connectivity index (χ2n) is 4.43. The summed E-state index contributed by atoms with van der Waals surface area (Å²) in [6.45, 7) is 4.26. The van der Waals surface area contributed by atoms with Crippen LogP contribution in [0, 0.1) is 11.8 Å². The summed E-state index contributed by atoms with van der Waals surface area (Å²) in [5.74, 6) is 1.22. The van der Waals surface area contributed by atoms with Gasteiger partial charge in [-0.05, 0) is 18.3 Å². The minimum atomic E-state index is -0.396. The van der Waals surface area contributed by atoms with Crippen molar-refractivity contribution in [3.8, 4) is 0 Å². The SMILES string of the molecule is CC1CCCC(OC(CO)CO)C1C. The molecule has 1 aliphatic carbocycles. The fraction of sp³-hybridized carbons (Fsp3) is 1.00. The number of hydrogen-bond acceptors (Lipinski definition) is 3. The maximum atomic E-state index is 8.92. The van der Waals surface area contributed by atoms with Crippen molar-refractivity contribution in [3.63, 3.8) is 0 Å². The van der Waals surface area contributed by atoms with Crippen LogP contribution < -0.4 is 0 Å². The van der Waals surface area contributed by atoms with E-state index in [1.165, 1.54) is 12.8 Å². The molecule has 84 valence electrons. The number of hydrogen-bond donors (Lipinski definition) is 2. The smallest absolute Gasteiger partial charge is 0.104 e. The van der Waals surface area contributed by atoms with E-state index in [-0.39, 0.29) is 19.3 Å². The average molecular weight is 202 g/mol. The van der Waals surface area contributed by atoms with Crippen molar-refractivity contribution in [2.45, 2.75) is 45.3 Å². The molecular weight excluding hydrogens is 180 g/mol. The lowest BCUT2D eigenvalue weighted by atomic mass is 9.79. The van der Waals surface area contributed by atoms with E-state index in [4.69, 9.17) is 14.9 Å². The number of ether oxygens (including phenoxy) is 1. The zero-order chi connectivity index (χ0) is 10.6. The van der Waals surface area contributed by atoms with E-state index < -0.39 is 6.10 Å². The minimum absolute atomic E-state index is 0.0892. The molecule has 0 aromatic rings. The molecule has 0 spiro atoms. The van der Waals surface area contributed by atoms with Gasteiger partial charge in [-0.15, -0.1) is 0 Å². The number of aliphatic hydroxyl groups excluding tert-OH is 2. The van der Waals surface area contributed by atoms with Crippen LogP contribution in [0.15, 0.2) is 0 Å². The molecule has 14 heavy (non-hydrogen) atoms. The van der Waals surface area contributed by atoms with Crippen LogP contribution >= 0.6 is 0 Å². The van der Waals surface area contributed by atoms with Gasteiger partial charge in [0.1, 0.15) is 6.10 Å². The molecular formula is C11H22O3. The standard InChI is InChI=1S/C11H22O3/c1-8-4-3-5-11(9(8)2)14-10(6-12)7-13/h8-13H,3-7H2,1-2H3. The highest BCUT2D eigenvalue weighted by molar-refractivity contribution is 4.78. The Bertz CT molecular complexity index is 157. The monoisotopic (exact) mass is 202 g/mol. The summed E-state index contributed by atoms with van der Waals surface area (Å²) in [4.78, 5) is 0. The minimum Gasteiger partial charge on any atom is -0.394 e. The molecule has 0 heterocycles. The van der Waals surface area contributed by atoms with Gasteiger partial charge < -0.3 is 14.9 Å². The molecule has 0 amide bonds. The first kappa shape index (κ1) is 12.0. The quantitative estimate of drug-likeness (QED) is 0.719. The lowest BCUT2D eigenvalue weighted by molar-refractivity contribution is -0.101. The first-order valence-corrected chi connectivity index (χ1v) is 5.56. The Morgan fingerprint density at radius 3 is 2.43 bits per heavy atom. The van der Waals surface area contributed by atoms with Crippen molar-refractivity contribution in [2.24, 2.45) is 11.8 Å². The van der Waals surface area contributed by atoms with Gasteiger partial charge in [-0.3, -0.25) is 0 Å². The summed E-state index contributed by atoms with van der Waals surface area (Å²) in [5.41, 5.74) is 0. The molecule has 2 N–H and O–H groups in total. The first-order valence-electron chi connectivity index (χ1n) is 5.56. The van der Waals surface area contributed by atoms with Gasteiger partial charge in [0.05, 0.1) is 19.3 Å². The molecule has 3 nitrogen and oxygen atoms in total. The second-order valence-corrected chi connectivity index (χ2v) is 4.43. The van der Waals surface area contributed by atoms with Gasteiger partial charge in [0, 0.05) is 0 Å². The van der Waals surface area contributed by atoms with E-state index in [1.807, 2.05) is 0 Å². The molecule has 0 radical (unpaired) electrons. The normalized spacial score (nSPS) is 33.6. The Kier molecular flexibility index (Phi) is 4.85. The summed E-state index contributed by atoms with van der Waals surface area (Å²) in [7, 11) is 0. The van der Waals surface area contributed by atoms with E-state index in [1.54, 1.807) is 0 Å². The molecule has 1 saturated carbocycles. The van der Waals surface area contributed by atoms with Crippen LogP contribution in [-0.2, 0) is 4.74 Å². The summed E-state index contributed by atoms with van der Waals surface area (Å²) in [6, 6.07) is 0. The maximum absolute atomic E-state index is 8.92. The van der Waals surface area contributed by atoms with E-state index in [0.717, 1.165) is 6.42 Å². The molecule has 1 aliphatic rings. The summed E-state index contributed by atoms with van der Waals surface area (Å²) in [6.07, 6.45) is 3.34. The molecule has 0 bridgehead atoms. The van der Waals surface area contributed by atoms with E-state index >= 15 is 0 Å². The molecule has 0 aromatic heterocycles. The van der Waals surface area contributed by atoms with E-state index in [9.17, 15) is 0 Å². The predicted octanol–water partition coefficient (Wildman–Crippen LogP) is 1.18. The first-order chi connectivity index (χ1) is 6.69. The lowest BCUT2D eigenvalue weighted by Gasteiger charge is -2.35. The lowest BCUT2D eigenvalue weighted by Crippen LogP contribution is -2.36. The van der Waals surface area contributed by atoms with Gasteiger partial charge in [0.2, 0.25) is 0 Å². The van der Waals surface area contributed by atoms with Gasteiger partial charge in [-0.25, -0.2) is 0 Å². The van der Waals surface area contributed by atoms with Crippen LogP contribution in [0.1, 0.15) is 33.1 Å². The van der Waals surface area contributed by atoms with Crippen LogP contribution in [0.5, 0.6) is 0 Å². The van der Waals surface area contributed by atoms with Crippen molar-refractivity contribution >= 4 is 0 Å². The van der Waals surface area contributed by atoms with Gasteiger partial charge in [-0.1, -0.05) is 26.7 Å². The van der Waals surface area contributed by atoms with Crippen LogP contribution in [0.25, 0.3) is 0 Å². The Labute approximate surface area is 86.1 Å². The van der Waals surface area contributed by atoms with Crippen LogP contribution in [0.3, 0.4) is 0 Å². The Hall–Kier alpha value is -0.120. The zero-order valence-corrected chi connectivity index (χ0v) is 9.15. The van der Waals surface area contributed by atoms with Crippen molar-refractivity contribution < 1.29 is 14.9 Å². The van der Waals surface area contributed by atoms with E-state index in [2.05, 4.69) is 13.8 Å². The molecule has 0 saturated heterocycles. The molecule has 3 heteroatoms. The largest absolute Gasteiger partial charge is 0.394 e. The Morgan fingerprint density at radius 2 is 1.86 bits per heavy atom. The summed E-state index contributed by atoms with van der Waals surface area (Å²) in [5, 5.41) is 17.8.